The van der Waals surface area contributed by atoms with Gasteiger partial charge >= 0.3 is 12.6 Å². The molecule has 1 aliphatic heterocycles. The van der Waals surface area contributed by atoms with Gasteiger partial charge in [0.25, 0.3) is 0 Å². The van der Waals surface area contributed by atoms with Gasteiger partial charge in [-0.05, 0) is 12.5 Å². The number of hydrogen-bond donors (Lipinski definition) is 0. The summed E-state index contributed by atoms with van der Waals surface area (Å²) in [5.41, 5.74) is 2.50. The Balaban J connectivity index is 1.74. The predicted octanol–water partition coefficient (Wildman–Crippen LogP) is 2.02. The quantitative estimate of drug-likeness (QED) is 0.630. The standard InChI is InChI=1S/C17H18F2N6O3/c1-26-15-11(8-21-17(22-15)27-2)12-7-13(14-20-4-6-25(14)23-12)24-5-3-10(9-24)28-16(18)19/h4,6-8,10,16H,3,5,9H2,1-2H3/t10-/m0/s1. The first-order chi connectivity index (χ1) is 13.6. The van der Waals surface area contributed by atoms with E-state index in [0.717, 1.165) is 5.69 Å². The summed E-state index contributed by atoms with van der Waals surface area (Å²) in [5.74, 6) is 0.310. The van der Waals surface area contributed by atoms with E-state index >= 15 is 0 Å². The first-order valence-electron chi connectivity index (χ1n) is 8.57. The molecule has 0 amide bonds. The molecule has 0 unspecified atom stereocenters. The van der Waals surface area contributed by atoms with E-state index in [1.54, 1.807) is 23.1 Å². The van der Waals surface area contributed by atoms with Crippen molar-refractivity contribution in [1.82, 2.24) is 24.6 Å². The lowest BCUT2D eigenvalue weighted by Crippen LogP contribution is -2.25. The molecule has 0 saturated carbocycles. The van der Waals surface area contributed by atoms with Crippen molar-refractivity contribution >= 4 is 11.3 Å². The van der Waals surface area contributed by atoms with Gasteiger partial charge in [0.15, 0.2) is 5.65 Å². The van der Waals surface area contributed by atoms with Crippen LogP contribution in [0.3, 0.4) is 0 Å². The zero-order chi connectivity index (χ0) is 19.7. The first kappa shape index (κ1) is 18.3. The Morgan fingerprint density at radius 3 is 2.82 bits per heavy atom. The topological polar surface area (TPSA) is 86.9 Å². The summed E-state index contributed by atoms with van der Waals surface area (Å²) in [6.07, 6.45) is 4.87. The van der Waals surface area contributed by atoms with Crippen LogP contribution in [0.5, 0.6) is 11.9 Å². The third-order valence-electron chi connectivity index (χ3n) is 4.50. The van der Waals surface area contributed by atoms with Crippen molar-refractivity contribution in [2.45, 2.75) is 19.1 Å². The molecule has 1 fully saturated rings. The van der Waals surface area contributed by atoms with Gasteiger partial charge in [-0.15, -0.1) is 0 Å². The van der Waals surface area contributed by atoms with Gasteiger partial charge in [-0.1, -0.05) is 0 Å². The average molecular weight is 392 g/mol. The summed E-state index contributed by atoms with van der Waals surface area (Å²) in [4.78, 5) is 14.6. The molecular weight excluding hydrogens is 374 g/mol. The highest BCUT2D eigenvalue weighted by Crippen LogP contribution is 2.33. The van der Waals surface area contributed by atoms with Crippen molar-refractivity contribution in [1.29, 1.82) is 0 Å². The average Bonchev–Trinajstić information content (AvgIpc) is 3.35. The van der Waals surface area contributed by atoms with Gasteiger partial charge in [-0.3, -0.25) is 0 Å². The summed E-state index contributed by atoms with van der Waals surface area (Å²) < 4.78 is 41.8. The molecule has 4 rings (SSSR count). The lowest BCUT2D eigenvalue weighted by atomic mass is 10.2. The van der Waals surface area contributed by atoms with Crippen LogP contribution in [0.4, 0.5) is 14.5 Å². The van der Waals surface area contributed by atoms with Crippen LogP contribution in [-0.2, 0) is 4.74 Å². The molecule has 9 nitrogen and oxygen atoms in total. The Hall–Kier alpha value is -3.08. The molecule has 1 atom stereocenters. The predicted molar refractivity (Wildman–Crippen MR) is 94.8 cm³/mol. The van der Waals surface area contributed by atoms with Crippen LogP contribution < -0.4 is 14.4 Å². The molecule has 0 spiro atoms. The Kier molecular flexibility index (Phi) is 4.90. The Morgan fingerprint density at radius 2 is 2.07 bits per heavy atom. The van der Waals surface area contributed by atoms with Crippen molar-refractivity contribution in [3.63, 3.8) is 0 Å². The van der Waals surface area contributed by atoms with E-state index in [-0.39, 0.29) is 6.01 Å². The van der Waals surface area contributed by atoms with E-state index in [1.807, 2.05) is 11.0 Å². The molecule has 0 bridgehead atoms. The number of nitrogens with zero attached hydrogens (tertiary/aromatic N) is 6. The van der Waals surface area contributed by atoms with Crippen LogP contribution >= 0.6 is 0 Å². The van der Waals surface area contributed by atoms with Gasteiger partial charge in [-0.25, -0.2) is 14.5 Å². The molecule has 0 aromatic carbocycles. The van der Waals surface area contributed by atoms with Crippen LogP contribution in [-0.4, -0.2) is 64.6 Å². The molecule has 1 saturated heterocycles. The molecular formula is C17H18F2N6O3. The second-order valence-corrected chi connectivity index (χ2v) is 6.14. The maximum Gasteiger partial charge on any atom is 0.345 e. The minimum atomic E-state index is -2.79. The molecule has 4 heterocycles. The van der Waals surface area contributed by atoms with Crippen molar-refractivity contribution < 1.29 is 23.0 Å². The van der Waals surface area contributed by atoms with Crippen LogP contribution in [0.25, 0.3) is 16.9 Å². The number of fused-ring (bicyclic) bond motifs is 1. The zero-order valence-electron chi connectivity index (χ0n) is 15.2. The first-order valence-corrected chi connectivity index (χ1v) is 8.57. The normalized spacial score (nSPS) is 16.9. The highest BCUT2D eigenvalue weighted by Gasteiger charge is 2.28. The fourth-order valence-corrected chi connectivity index (χ4v) is 3.25. The van der Waals surface area contributed by atoms with Crippen molar-refractivity contribution in [2.24, 2.45) is 0 Å². The maximum absolute atomic E-state index is 12.5. The lowest BCUT2D eigenvalue weighted by molar-refractivity contribution is -0.156. The number of aromatic nitrogens is 5. The van der Waals surface area contributed by atoms with Crippen LogP contribution in [0.1, 0.15) is 6.42 Å². The SMILES string of the molecule is COc1ncc(-c2cc(N3CC[C@H](OC(F)F)C3)c3nccn3n2)c(OC)n1. The van der Waals surface area contributed by atoms with E-state index in [4.69, 9.17) is 9.47 Å². The minimum absolute atomic E-state index is 0.177. The van der Waals surface area contributed by atoms with Crippen LogP contribution in [0.2, 0.25) is 0 Å². The van der Waals surface area contributed by atoms with E-state index in [0.29, 0.717) is 42.3 Å². The molecule has 0 N–H and O–H groups in total. The summed E-state index contributed by atoms with van der Waals surface area (Å²) in [7, 11) is 2.96. The molecule has 1 aliphatic rings. The summed E-state index contributed by atoms with van der Waals surface area (Å²) in [6.45, 7) is -1.88. The van der Waals surface area contributed by atoms with Crippen molar-refractivity contribution in [2.75, 3.05) is 32.2 Å². The van der Waals surface area contributed by atoms with Gasteiger partial charge in [0.1, 0.15) is 5.69 Å². The van der Waals surface area contributed by atoms with Gasteiger partial charge < -0.3 is 19.1 Å². The van der Waals surface area contributed by atoms with E-state index in [1.165, 1.54) is 14.2 Å². The summed E-state index contributed by atoms with van der Waals surface area (Å²) in [5, 5.41) is 4.54. The van der Waals surface area contributed by atoms with Crippen molar-refractivity contribution in [3.05, 3.63) is 24.7 Å². The molecule has 11 heteroatoms. The number of rotatable bonds is 6. The number of methoxy groups -OCH3 is 2. The van der Waals surface area contributed by atoms with Gasteiger partial charge in [0.2, 0.25) is 5.88 Å². The molecule has 3 aromatic rings. The molecule has 0 radical (unpaired) electrons. The third-order valence-corrected chi connectivity index (χ3v) is 4.50. The summed E-state index contributed by atoms with van der Waals surface area (Å²) in [6, 6.07) is 2.00. The second-order valence-electron chi connectivity index (χ2n) is 6.14. The Bertz CT molecular complexity index is 983. The van der Waals surface area contributed by atoms with Crippen molar-refractivity contribution in [3.8, 4) is 23.1 Å². The minimum Gasteiger partial charge on any atom is -0.480 e. The molecule has 3 aromatic heterocycles. The van der Waals surface area contributed by atoms with Gasteiger partial charge in [0, 0.05) is 31.7 Å². The van der Waals surface area contributed by atoms with Crippen LogP contribution in [0.15, 0.2) is 24.7 Å². The third kappa shape index (κ3) is 3.40. The summed E-state index contributed by atoms with van der Waals surface area (Å²) >= 11 is 0. The molecule has 0 aliphatic carbocycles. The van der Waals surface area contributed by atoms with Crippen LogP contribution in [0, 0.1) is 0 Å². The number of imidazole rings is 1. The number of halogens is 2. The lowest BCUT2D eigenvalue weighted by Gasteiger charge is -2.20. The molecule has 28 heavy (non-hydrogen) atoms. The Labute approximate surface area is 158 Å². The van der Waals surface area contributed by atoms with E-state index in [2.05, 4.69) is 24.8 Å². The highest BCUT2D eigenvalue weighted by molar-refractivity contribution is 5.76. The van der Waals surface area contributed by atoms with E-state index < -0.39 is 12.7 Å². The van der Waals surface area contributed by atoms with Gasteiger partial charge in [-0.2, -0.15) is 18.9 Å². The fourth-order valence-electron chi connectivity index (χ4n) is 3.25. The largest absolute Gasteiger partial charge is 0.480 e. The highest BCUT2D eigenvalue weighted by atomic mass is 19.3. The molecule has 148 valence electrons. The second kappa shape index (κ2) is 7.50. The Morgan fingerprint density at radius 1 is 1.21 bits per heavy atom. The number of anilines is 1. The smallest absolute Gasteiger partial charge is 0.345 e. The van der Waals surface area contributed by atoms with E-state index in [9.17, 15) is 8.78 Å². The van der Waals surface area contributed by atoms with Gasteiger partial charge in [0.05, 0.1) is 31.6 Å². The number of alkyl halides is 2. The number of hydrogen-bond acceptors (Lipinski definition) is 8. The number of ether oxygens (including phenoxy) is 3. The zero-order valence-corrected chi connectivity index (χ0v) is 15.2. The maximum atomic E-state index is 12.5. The monoisotopic (exact) mass is 392 g/mol. The fraction of sp³-hybridized carbons (Fsp3) is 0.412.